The fraction of sp³-hybridized carbons (Fsp3) is 0.325. The van der Waals surface area contributed by atoms with Gasteiger partial charge < -0.3 is 29.9 Å². The molecular weight excluding hydrogens is 647 g/mol. The Morgan fingerprint density at radius 2 is 1.72 bits per heavy atom. The Morgan fingerprint density at radius 3 is 2.44 bits per heavy atom. The van der Waals surface area contributed by atoms with Gasteiger partial charge in [0, 0.05) is 59.4 Å². The number of aliphatic hydroxyl groups is 1. The number of nitrogens with zero attached hydrogens (tertiary/aromatic N) is 3. The normalized spacial score (nSPS) is 20.1. The zero-order valence-corrected chi connectivity index (χ0v) is 29.0. The minimum atomic E-state index is -0.884. The van der Waals surface area contributed by atoms with E-state index in [9.17, 15) is 14.7 Å². The van der Waals surface area contributed by atoms with Crippen LogP contribution in [-0.4, -0.2) is 68.8 Å². The topological polar surface area (TPSA) is 109 Å². The van der Waals surface area contributed by atoms with Crippen molar-refractivity contribution >= 4 is 23.2 Å². The zero-order chi connectivity index (χ0) is 34.5. The number of aromatic nitrogens is 2. The number of nitrogens with one attached hydrogen (secondary N) is 2. The lowest BCUT2D eigenvalue weighted by Gasteiger charge is -2.29. The standard InChI is InChI=1S/C40H43N5O4S/c1-27-26-50-39(42-27)36-15-10-18-45(36)40(48)31-20-30(21-32(22-31)44-16-8-9-17-44)38(47)43-35(19-28-11-4-2-5-12-28)37(46)34-23-33(24-41-34)49-25-29-13-6-3-7-14-29/h2-9,11-14,16-17,20-22,26,33-37,41,46H,10,15,18-19,23-25H2,1H3,(H,43,47)/t33-,34-,35+,36-,37+/m1/s1. The molecule has 0 radical (unpaired) electrons. The van der Waals surface area contributed by atoms with Gasteiger partial charge in [0.1, 0.15) is 5.01 Å². The van der Waals surface area contributed by atoms with E-state index in [-0.39, 0.29) is 30.0 Å². The van der Waals surface area contributed by atoms with E-state index in [0.717, 1.165) is 34.7 Å². The van der Waals surface area contributed by atoms with Crippen molar-refractivity contribution < 1.29 is 19.4 Å². The zero-order valence-electron chi connectivity index (χ0n) is 28.2. The van der Waals surface area contributed by atoms with E-state index in [1.54, 1.807) is 23.5 Å². The first-order chi connectivity index (χ1) is 24.4. The maximum Gasteiger partial charge on any atom is 0.254 e. The Labute approximate surface area is 296 Å². The van der Waals surface area contributed by atoms with Crippen LogP contribution < -0.4 is 10.6 Å². The summed E-state index contributed by atoms with van der Waals surface area (Å²) in [6.07, 6.45) is 5.66. The summed E-state index contributed by atoms with van der Waals surface area (Å²) in [7, 11) is 0. The van der Waals surface area contributed by atoms with Crippen LogP contribution in [0.1, 0.15) is 67.8 Å². The van der Waals surface area contributed by atoms with Crippen LogP contribution in [0.2, 0.25) is 0 Å². The highest BCUT2D eigenvalue weighted by Crippen LogP contribution is 2.35. The van der Waals surface area contributed by atoms with Crippen molar-refractivity contribution in [3.05, 3.63) is 142 Å². The highest BCUT2D eigenvalue weighted by atomic mass is 32.1. The molecule has 4 heterocycles. The molecule has 2 saturated heterocycles. The monoisotopic (exact) mass is 689 g/mol. The summed E-state index contributed by atoms with van der Waals surface area (Å²) in [5.41, 5.74) is 4.56. The largest absolute Gasteiger partial charge is 0.389 e. The molecule has 2 aliphatic heterocycles. The van der Waals surface area contributed by atoms with Crippen molar-refractivity contribution in [3.63, 3.8) is 0 Å². The van der Waals surface area contributed by atoms with E-state index >= 15 is 0 Å². The number of aliphatic hydroxyl groups excluding tert-OH is 1. The molecule has 258 valence electrons. The number of likely N-dealkylation sites (tertiary alicyclic amines) is 1. The molecule has 5 atom stereocenters. The van der Waals surface area contributed by atoms with E-state index in [4.69, 9.17) is 4.74 Å². The Hall–Kier alpha value is -4.61. The summed E-state index contributed by atoms with van der Waals surface area (Å²) in [6.45, 7) is 3.71. The van der Waals surface area contributed by atoms with Gasteiger partial charge in [-0.25, -0.2) is 4.98 Å². The van der Waals surface area contributed by atoms with Gasteiger partial charge in [-0.05, 0) is 74.1 Å². The third-order valence-electron chi connectivity index (χ3n) is 9.66. The summed E-state index contributed by atoms with van der Waals surface area (Å²) in [5.74, 6) is -0.475. The van der Waals surface area contributed by atoms with Crippen molar-refractivity contribution in [2.24, 2.45) is 0 Å². The van der Waals surface area contributed by atoms with E-state index < -0.39 is 12.1 Å². The Kier molecular flexibility index (Phi) is 10.5. The number of carbonyl (C=O) groups excluding carboxylic acids is 2. The lowest BCUT2D eigenvalue weighted by atomic mass is 9.94. The molecule has 2 fully saturated rings. The molecule has 0 unspecified atom stereocenters. The van der Waals surface area contributed by atoms with E-state index in [1.807, 2.05) is 113 Å². The highest BCUT2D eigenvalue weighted by molar-refractivity contribution is 7.09. The third-order valence-corrected chi connectivity index (χ3v) is 10.7. The average Bonchev–Trinajstić information content (AvgIpc) is 3.99. The number of carbonyl (C=O) groups is 2. The van der Waals surface area contributed by atoms with Crippen LogP contribution in [-0.2, 0) is 17.8 Å². The molecule has 0 spiro atoms. The van der Waals surface area contributed by atoms with Gasteiger partial charge in [0.05, 0.1) is 30.9 Å². The molecule has 0 aliphatic carbocycles. The van der Waals surface area contributed by atoms with Gasteiger partial charge in [-0.2, -0.15) is 0 Å². The van der Waals surface area contributed by atoms with Gasteiger partial charge >= 0.3 is 0 Å². The molecule has 0 saturated carbocycles. The maximum atomic E-state index is 14.2. The van der Waals surface area contributed by atoms with E-state index in [0.29, 0.717) is 49.4 Å². The van der Waals surface area contributed by atoms with Gasteiger partial charge in [0.15, 0.2) is 0 Å². The summed E-state index contributed by atoms with van der Waals surface area (Å²) in [6, 6.07) is 28.1. The first kappa shape index (κ1) is 33.9. The molecule has 3 N–H and O–H groups in total. The van der Waals surface area contributed by atoms with Crippen LogP contribution in [0.4, 0.5) is 0 Å². The van der Waals surface area contributed by atoms with Crippen molar-refractivity contribution in [2.45, 2.75) is 69.5 Å². The van der Waals surface area contributed by atoms with Crippen LogP contribution in [0.5, 0.6) is 0 Å². The predicted molar refractivity (Wildman–Crippen MR) is 194 cm³/mol. The number of amides is 2. The fourth-order valence-electron chi connectivity index (χ4n) is 7.04. The lowest BCUT2D eigenvalue weighted by molar-refractivity contribution is 0.0419. The smallest absolute Gasteiger partial charge is 0.254 e. The molecule has 7 rings (SSSR count). The van der Waals surface area contributed by atoms with Crippen molar-refractivity contribution in [1.29, 1.82) is 0 Å². The van der Waals surface area contributed by atoms with Crippen LogP contribution in [0.3, 0.4) is 0 Å². The van der Waals surface area contributed by atoms with Gasteiger partial charge in [-0.3, -0.25) is 9.59 Å². The number of hydrogen-bond acceptors (Lipinski definition) is 7. The Bertz CT molecular complexity index is 1880. The second-order valence-electron chi connectivity index (χ2n) is 13.3. The van der Waals surface area contributed by atoms with Crippen molar-refractivity contribution in [1.82, 2.24) is 25.1 Å². The minimum Gasteiger partial charge on any atom is -0.389 e. The number of aryl methyl sites for hydroxylation is 1. The minimum absolute atomic E-state index is 0.0579. The van der Waals surface area contributed by atoms with Crippen LogP contribution in [0.15, 0.2) is 109 Å². The molecule has 2 aliphatic rings. The predicted octanol–water partition coefficient (Wildman–Crippen LogP) is 5.87. The van der Waals surface area contributed by atoms with Crippen LogP contribution in [0.25, 0.3) is 5.69 Å². The molecule has 2 aromatic heterocycles. The number of thiazole rings is 1. The van der Waals surface area contributed by atoms with Crippen molar-refractivity contribution in [3.8, 4) is 5.69 Å². The molecule has 50 heavy (non-hydrogen) atoms. The molecule has 5 aromatic rings. The van der Waals surface area contributed by atoms with Gasteiger partial charge in [0.2, 0.25) is 0 Å². The quantitative estimate of drug-likeness (QED) is 0.151. The van der Waals surface area contributed by atoms with E-state index in [1.165, 1.54) is 0 Å². The summed E-state index contributed by atoms with van der Waals surface area (Å²) < 4.78 is 8.07. The maximum absolute atomic E-state index is 14.2. The second-order valence-corrected chi connectivity index (χ2v) is 14.2. The second kappa shape index (κ2) is 15.5. The number of hydrogen-bond donors (Lipinski definition) is 3. The number of benzene rings is 3. The average molecular weight is 690 g/mol. The SMILES string of the molecule is Cc1csc([C@H]2CCCN2C(=O)c2cc(C(=O)N[C@@H](Cc3ccccc3)[C@@H](O)[C@H]3C[C@@H](OCc4ccccc4)CN3)cc(-n3cccc3)c2)n1. The molecule has 9 nitrogen and oxygen atoms in total. The number of rotatable bonds is 12. The number of ether oxygens (including phenoxy) is 1. The highest BCUT2D eigenvalue weighted by Gasteiger charge is 2.36. The fourth-order valence-corrected chi connectivity index (χ4v) is 7.99. The first-order valence-corrected chi connectivity index (χ1v) is 18.2. The van der Waals surface area contributed by atoms with Crippen LogP contribution >= 0.6 is 11.3 Å². The molecule has 2 amide bonds. The molecule has 3 aromatic carbocycles. The molecule has 0 bridgehead atoms. The summed E-state index contributed by atoms with van der Waals surface area (Å²) in [4.78, 5) is 34.9. The van der Waals surface area contributed by atoms with Crippen LogP contribution in [0, 0.1) is 6.92 Å². The Balaban J connectivity index is 1.12. The van der Waals surface area contributed by atoms with Gasteiger partial charge in [0.25, 0.3) is 11.8 Å². The molecular formula is C40H43N5O4S. The van der Waals surface area contributed by atoms with Gasteiger partial charge in [-0.15, -0.1) is 11.3 Å². The molecule has 10 heteroatoms. The third kappa shape index (κ3) is 7.89. The lowest BCUT2D eigenvalue weighted by Crippen LogP contribution is -2.52. The summed E-state index contributed by atoms with van der Waals surface area (Å²) in [5, 5.41) is 21.4. The van der Waals surface area contributed by atoms with Crippen molar-refractivity contribution in [2.75, 3.05) is 13.1 Å². The van der Waals surface area contributed by atoms with E-state index in [2.05, 4.69) is 15.6 Å². The first-order valence-electron chi connectivity index (χ1n) is 17.3. The Morgan fingerprint density at radius 1 is 1.00 bits per heavy atom. The summed E-state index contributed by atoms with van der Waals surface area (Å²) >= 11 is 1.58. The van der Waals surface area contributed by atoms with Gasteiger partial charge in [-0.1, -0.05) is 60.7 Å².